The van der Waals surface area contributed by atoms with Crippen molar-refractivity contribution in [3.05, 3.63) is 83.8 Å². The summed E-state index contributed by atoms with van der Waals surface area (Å²) in [6.07, 6.45) is 0. The van der Waals surface area contributed by atoms with Crippen molar-refractivity contribution >= 4 is 16.9 Å². The maximum atomic E-state index is 13.0. The van der Waals surface area contributed by atoms with Crippen LogP contribution in [0.5, 0.6) is 5.75 Å². The standard InChI is InChI=1S/C23H22FN3O3/c1-14(2)21(22-25-18-5-3-4-6-19(18)26-22)27-23(28)20-12-11-17(30-20)13-29-16-9-7-15(24)8-10-16/h3-12,14,21H,13H2,1-2H3,(H,25,26)(H,27,28). The Labute approximate surface area is 173 Å². The van der Waals surface area contributed by atoms with Gasteiger partial charge in [-0.1, -0.05) is 26.0 Å². The van der Waals surface area contributed by atoms with Crippen molar-refractivity contribution < 1.29 is 18.3 Å². The summed E-state index contributed by atoms with van der Waals surface area (Å²) < 4.78 is 24.1. The second-order valence-corrected chi connectivity index (χ2v) is 7.34. The van der Waals surface area contributed by atoms with E-state index < -0.39 is 0 Å². The third-order valence-corrected chi connectivity index (χ3v) is 4.74. The maximum Gasteiger partial charge on any atom is 0.287 e. The van der Waals surface area contributed by atoms with Crippen LogP contribution in [0.4, 0.5) is 4.39 Å². The molecule has 30 heavy (non-hydrogen) atoms. The number of amides is 1. The number of benzene rings is 2. The van der Waals surface area contributed by atoms with Crippen LogP contribution in [0.25, 0.3) is 11.0 Å². The Morgan fingerprint density at radius 1 is 1.13 bits per heavy atom. The van der Waals surface area contributed by atoms with Crippen LogP contribution >= 0.6 is 0 Å². The Balaban J connectivity index is 1.43. The molecule has 0 fully saturated rings. The molecule has 2 heterocycles. The molecule has 0 aliphatic carbocycles. The SMILES string of the molecule is CC(C)C(NC(=O)c1ccc(COc2ccc(F)cc2)o1)c1nc2ccccc2[nH]1. The van der Waals surface area contributed by atoms with Gasteiger partial charge in [-0.15, -0.1) is 0 Å². The van der Waals surface area contributed by atoms with E-state index >= 15 is 0 Å². The second kappa shape index (κ2) is 8.41. The van der Waals surface area contributed by atoms with E-state index in [0.717, 1.165) is 11.0 Å². The van der Waals surface area contributed by atoms with Crippen molar-refractivity contribution in [1.82, 2.24) is 15.3 Å². The van der Waals surface area contributed by atoms with Gasteiger partial charge in [0.2, 0.25) is 0 Å². The number of ether oxygens (including phenoxy) is 1. The second-order valence-electron chi connectivity index (χ2n) is 7.34. The third kappa shape index (κ3) is 4.35. The highest BCUT2D eigenvalue weighted by atomic mass is 19.1. The maximum absolute atomic E-state index is 13.0. The monoisotopic (exact) mass is 407 g/mol. The third-order valence-electron chi connectivity index (χ3n) is 4.74. The van der Waals surface area contributed by atoms with Crippen LogP contribution < -0.4 is 10.1 Å². The fourth-order valence-corrected chi connectivity index (χ4v) is 3.15. The summed E-state index contributed by atoms with van der Waals surface area (Å²) in [5.41, 5.74) is 1.77. The predicted octanol–water partition coefficient (Wildman–Crippen LogP) is 5.00. The average Bonchev–Trinajstić information content (AvgIpc) is 3.38. The number of hydrogen-bond donors (Lipinski definition) is 2. The number of nitrogens with zero attached hydrogens (tertiary/aromatic N) is 1. The highest BCUT2D eigenvalue weighted by Crippen LogP contribution is 2.23. The first-order chi connectivity index (χ1) is 14.5. The zero-order valence-corrected chi connectivity index (χ0v) is 16.7. The molecule has 0 aliphatic heterocycles. The minimum Gasteiger partial charge on any atom is -0.486 e. The van der Waals surface area contributed by atoms with Crippen LogP contribution in [0.1, 0.15) is 42.0 Å². The number of H-pyrrole nitrogens is 1. The molecule has 0 radical (unpaired) electrons. The molecule has 1 amide bonds. The Morgan fingerprint density at radius 2 is 1.90 bits per heavy atom. The van der Waals surface area contributed by atoms with Crippen LogP contribution in [0.3, 0.4) is 0 Å². The van der Waals surface area contributed by atoms with Crippen LogP contribution in [0, 0.1) is 11.7 Å². The number of carbonyl (C=O) groups excluding carboxylic acids is 1. The lowest BCUT2D eigenvalue weighted by molar-refractivity contribution is 0.0891. The molecule has 6 nitrogen and oxygen atoms in total. The smallest absolute Gasteiger partial charge is 0.287 e. The minimum atomic E-state index is -0.331. The Kier molecular flexibility index (Phi) is 5.52. The Morgan fingerprint density at radius 3 is 2.63 bits per heavy atom. The molecule has 4 aromatic rings. The lowest BCUT2D eigenvalue weighted by Crippen LogP contribution is -2.32. The number of furan rings is 1. The number of para-hydroxylation sites is 2. The largest absolute Gasteiger partial charge is 0.486 e. The Hall–Kier alpha value is -3.61. The Bertz CT molecular complexity index is 1110. The molecule has 1 unspecified atom stereocenters. The molecule has 0 aliphatic rings. The number of imidazole rings is 1. The molecule has 154 valence electrons. The number of hydrogen-bond acceptors (Lipinski definition) is 4. The van der Waals surface area contributed by atoms with Crippen molar-refractivity contribution in [3.63, 3.8) is 0 Å². The fraction of sp³-hybridized carbons (Fsp3) is 0.217. The summed E-state index contributed by atoms with van der Waals surface area (Å²) in [6.45, 7) is 4.17. The van der Waals surface area contributed by atoms with Crippen molar-refractivity contribution in [2.45, 2.75) is 26.5 Å². The van der Waals surface area contributed by atoms with E-state index in [9.17, 15) is 9.18 Å². The number of halogens is 1. The number of aromatic nitrogens is 2. The number of nitrogens with one attached hydrogen (secondary N) is 2. The normalized spacial score (nSPS) is 12.3. The summed E-state index contributed by atoms with van der Waals surface area (Å²) in [4.78, 5) is 20.6. The van der Waals surface area contributed by atoms with Crippen molar-refractivity contribution in [2.24, 2.45) is 5.92 Å². The van der Waals surface area contributed by atoms with Gasteiger partial charge in [0.25, 0.3) is 5.91 Å². The lowest BCUT2D eigenvalue weighted by Gasteiger charge is -2.19. The van der Waals surface area contributed by atoms with Gasteiger partial charge in [-0.05, 0) is 54.4 Å². The van der Waals surface area contributed by atoms with E-state index in [-0.39, 0.29) is 36.1 Å². The highest BCUT2D eigenvalue weighted by Gasteiger charge is 2.24. The van der Waals surface area contributed by atoms with E-state index in [1.165, 1.54) is 24.3 Å². The molecule has 2 aromatic carbocycles. The van der Waals surface area contributed by atoms with E-state index in [1.807, 2.05) is 38.1 Å². The average molecular weight is 407 g/mol. The molecule has 0 spiro atoms. The molecule has 7 heteroatoms. The number of fused-ring (bicyclic) bond motifs is 1. The quantitative estimate of drug-likeness (QED) is 0.452. The minimum absolute atomic E-state index is 0.116. The van der Waals surface area contributed by atoms with E-state index in [4.69, 9.17) is 9.15 Å². The highest BCUT2D eigenvalue weighted by molar-refractivity contribution is 5.91. The first-order valence-electron chi connectivity index (χ1n) is 9.72. The molecule has 1 atom stereocenters. The van der Waals surface area contributed by atoms with Gasteiger partial charge in [0.15, 0.2) is 5.76 Å². The topological polar surface area (TPSA) is 80.2 Å². The molecule has 0 saturated carbocycles. The molecule has 0 saturated heterocycles. The number of rotatable bonds is 7. The molecule has 4 rings (SSSR count). The van der Waals surface area contributed by atoms with Crippen LogP contribution in [0.2, 0.25) is 0 Å². The van der Waals surface area contributed by atoms with Gasteiger partial charge < -0.3 is 19.5 Å². The lowest BCUT2D eigenvalue weighted by atomic mass is 10.0. The number of aromatic amines is 1. The summed E-state index contributed by atoms with van der Waals surface area (Å²) >= 11 is 0. The van der Waals surface area contributed by atoms with Crippen molar-refractivity contribution in [1.29, 1.82) is 0 Å². The summed E-state index contributed by atoms with van der Waals surface area (Å²) in [7, 11) is 0. The van der Waals surface area contributed by atoms with Gasteiger partial charge in [-0.25, -0.2) is 9.37 Å². The fourth-order valence-electron chi connectivity index (χ4n) is 3.15. The van der Waals surface area contributed by atoms with Crippen LogP contribution in [0.15, 0.2) is 65.1 Å². The molecule has 2 N–H and O–H groups in total. The molecule has 2 aromatic heterocycles. The van der Waals surface area contributed by atoms with Gasteiger partial charge in [-0.2, -0.15) is 0 Å². The summed E-state index contributed by atoms with van der Waals surface area (Å²) in [6, 6.07) is 16.4. The molecule has 0 bridgehead atoms. The van der Waals surface area contributed by atoms with E-state index in [2.05, 4.69) is 15.3 Å². The van der Waals surface area contributed by atoms with Gasteiger partial charge in [0.05, 0.1) is 17.1 Å². The van der Waals surface area contributed by atoms with Crippen LogP contribution in [-0.2, 0) is 6.61 Å². The van der Waals surface area contributed by atoms with Gasteiger partial charge in [0, 0.05) is 0 Å². The van der Waals surface area contributed by atoms with Gasteiger partial charge in [0.1, 0.15) is 29.8 Å². The summed E-state index contributed by atoms with van der Waals surface area (Å²) in [5, 5.41) is 2.99. The predicted molar refractivity (Wildman–Crippen MR) is 111 cm³/mol. The van der Waals surface area contributed by atoms with Gasteiger partial charge in [-0.3, -0.25) is 4.79 Å². The van der Waals surface area contributed by atoms with Gasteiger partial charge >= 0.3 is 0 Å². The summed E-state index contributed by atoms with van der Waals surface area (Å²) in [5.74, 6) is 1.36. The molecular weight excluding hydrogens is 385 g/mol. The zero-order chi connectivity index (χ0) is 21.1. The van der Waals surface area contributed by atoms with Crippen molar-refractivity contribution in [2.75, 3.05) is 0 Å². The first kappa shape index (κ1) is 19.7. The van der Waals surface area contributed by atoms with E-state index in [1.54, 1.807) is 12.1 Å². The number of carbonyl (C=O) groups is 1. The van der Waals surface area contributed by atoms with Crippen LogP contribution in [-0.4, -0.2) is 15.9 Å². The molecular formula is C23H22FN3O3. The van der Waals surface area contributed by atoms with Crippen molar-refractivity contribution in [3.8, 4) is 5.75 Å². The zero-order valence-electron chi connectivity index (χ0n) is 16.7. The van der Waals surface area contributed by atoms with E-state index in [0.29, 0.717) is 17.3 Å². The first-order valence-corrected chi connectivity index (χ1v) is 9.72.